The molecule has 5 rings (SSSR count). The number of aromatic nitrogens is 5. The molecule has 0 saturated heterocycles. The number of hydrogen-bond acceptors (Lipinski definition) is 9. The highest BCUT2D eigenvalue weighted by atomic mass is 35.5. The van der Waals surface area contributed by atoms with Crippen molar-refractivity contribution >= 4 is 45.9 Å². The zero-order valence-electron chi connectivity index (χ0n) is 21.0. The molecule has 12 nitrogen and oxygen atoms in total. The number of rotatable bonds is 9. The molecule has 2 aromatic carbocycles. The number of carbonyl (C=O) groups is 1. The fourth-order valence-corrected chi connectivity index (χ4v) is 4.45. The van der Waals surface area contributed by atoms with Gasteiger partial charge in [-0.25, -0.2) is 19.4 Å². The summed E-state index contributed by atoms with van der Waals surface area (Å²) in [6.07, 6.45) is 2.32. The van der Waals surface area contributed by atoms with Crippen molar-refractivity contribution in [3.63, 3.8) is 0 Å². The summed E-state index contributed by atoms with van der Waals surface area (Å²) in [4.78, 5) is 23.4. The van der Waals surface area contributed by atoms with Crippen LogP contribution in [0.2, 0.25) is 5.02 Å². The molecule has 3 heterocycles. The Labute approximate surface area is 228 Å². The number of halogens is 1. The van der Waals surface area contributed by atoms with Crippen molar-refractivity contribution in [2.24, 2.45) is 11.5 Å². The molecule has 6 N–H and O–H groups in total. The Bertz CT molecular complexity index is 1630. The second-order valence-electron chi connectivity index (χ2n) is 8.54. The van der Waals surface area contributed by atoms with Crippen LogP contribution >= 0.6 is 11.6 Å². The molecule has 0 bridgehead atoms. The lowest BCUT2D eigenvalue weighted by Crippen LogP contribution is -2.31. The first-order valence-corrected chi connectivity index (χ1v) is 12.6. The molecule has 0 saturated carbocycles. The minimum atomic E-state index is -0.650. The number of nitrogen functional groups attached to an aromatic ring is 1. The Balaban J connectivity index is 1.68. The monoisotopic (exact) mass is 547 g/mol. The number of pyridine rings is 1. The minimum Gasteiger partial charge on any atom is -0.490 e. The number of imidazole rings is 1. The van der Waals surface area contributed by atoms with E-state index in [1.807, 2.05) is 29.7 Å². The van der Waals surface area contributed by atoms with E-state index in [1.54, 1.807) is 36.5 Å². The molecule has 2 amide bonds. The minimum absolute atomic E-state index is 0.113. The van der Waals surface area contributed by atoms with E-state index >= 15 is 0 Å². The van der Waals surface area contributed by atoms with E-state index < -0.39 is 6.03 Å². The van der Waals surface area contributed by atoms with Crippen LogP contribution in [0, 0.1) is 0 Å². The fraction of sp³-hybridized carbons (Fsp3) is 0.192. The molecule has 0 spiro atoms. The highest BCUT2D eigenvalue weighted by molar-refractivity contribution is 6.30. The number of amides is 2. The van der Waals surface area contributed by atoms with E-state index in [4.69, 9.17) is 48.1 Å². The normalized spacial score (nSPS) is 11.2. The van der Waals surface area contributed by atoms with Crippen molar-refractivity contribution in [3.05, 3.63) is 59.8 Å². The standard InChI is InChI=1S/C26H26ClN9O3/c1-2-35-23-19(38-12-4-11-28)14-31-20(21(23)32-25(35)22-24(29)34-39-33-22)15-5-3-6-18(13-15)36(26(30)37)17-9-7-16(27)8-10-17/h3,5-10,13-14H,2,4,11-12,28H2,1H3,(H2,29,34)(H2,30,37). The summed E-state index contributed by atoms with van der Waals surface area (Å²) in [5.41, 5.74) is 21.4. The van der Waals surface area contributed by atoms with Crippen LogP contribution in [0.3, 0.4) is 0 Å². The average Bonchev–Trinajstić information content (AvgIpc) is 3.53. The number of benzene rings is 2. The first-order valence-electron chi connectivity index (χ1n) is 12.2. The van der Waals surface area contributed by atoms with Crippen LogP contribution in [0.25, 0.3) is 33.8 Å². The van der Waals surface area contributed by atoms with Gasteiger partial charge in [-0.3, -0.25) is 4.90 Å². The van der Waals surface area contributed by atoms with Gasteiger partial charge in [-0.2, -0.15) is 0 Å². The maximum absolute atomic E-state index is 12.5. The van der Waals surface area contributed by atoms with Gasteiger partial charge in [0.25, 0.3) is 0 Å². The molecular weight excluding hydrogens is 522 g/mol. The lowest BCUT2D eigenvalue weighted by atomic mass is 10.1. The third-order valence-electron chi connectivity index (χ3n) is 6.07. The summed E-state index contributed by atoms with van der Waals surface area (Å²) < 4.78 is 12.8. The molecule has 3 aromatic heterocycles. The molecular formula is C26H26ClN9O3. The van der Waals surface area contributed by atoms with Gasteiger partial charge < -0.3 is 26.5 Å². The zero-order chi connectivity index (χ0) is 27.5. The predicted molar refractivity (Wildman–Crippen MR) is 149 cm³/mol. The fourth-order valence-electron chi connectivity index (χ4n) is 4.32. The van der Waals surface area contributed by atoms with Crippen LogP contribution < -0.4 is 26.8 Å². The number of aryl methyl sites for hydroxylation is 1. The molecule has 0 fully saturated rings. The van der Waals surface area contributed by atoms with Gasteiger partial charge in [-0.05, 0) is 66.6 Å². The van der Waals surface area contributed by atoms with Gasteiger partial charge in [0.1, 0.15) is 11.0 Å². The second-order valence-corrected chi connectivity index (χ2v) is 8.97. The van der Waals surface area contributed by atoms with Crippen LogP contribution in [0.5, 0.6) is 5.75 Å². The molecule has 13 heteroatoms. The highest BCUT2D eigenvalue weighted by Crippen LogP contribution is 2.38. The number of fused-ring (bicyclic) bond motifs is 1. The maximum Gasteiger partial charge on any atom is 0.323 e. The van der Waals surface area contributed by atoms with Gasteiger partial charge in [0.2, 0.25) is 0 Å². The van der Waals surface area contributed by atoms with Crippen LogP contribution in [-0.4, -0.2) is 44.0 Å². The summed E-state index contributed by atoms with van der Waals surface area (Å²) >= 11 is 6.04. The van der Waals surface area contributed by atoms with E-state index in [0.29, 0.717) is 82.1 Å². The molecule has 0 aliphatic carbocycles. The zero-order valence-corrected chi connectivity index (χ0v) is 21.8. The van der Waals surface area contributed by atoms with Gasteiger partial charge in [-0.15, -0.1) is 0 Å². The van der Waals surface area contributed by atoms with Gasteiger partial charge >= 0.3 is 6.03 Å². The van der Waals surface area contributed by atoms with Crippen LogP contribution in [0.15, 0.2) is 59.4 Å². The van der Waals surface area contributed by atoms with E-state index in [9.17, 15) is 4.79 Å². The van der Waals surface area contributed by atoms with E-state index in [0.717, 1.165) is 0 Å². The predicted octanol–water partition coefficient (Wildman–Crippen LogP) is 4.35. The van der Waals surface area contributed by atoms with Crippen molar-refractivity contribution in [1.82, 2.24) is 24.8 Å². The Morgan fingerprint density at radius 1 is 1.13 bits per heavy atom. The van der Waals surface area contributed by atoms with Crippen LogP contribution in [-0.2, 0) is 6.54 Å². The molecule has 39 heavy (non-hydrogen) atoms. The lowest BCUT2D eigenvalue weighted by molar-refractivity contribution is 0.256. The molecule has 0 atom stereocenters. The maximum atomic E-state index is 12.5. The first kappa shape index (κ1) is 25.9. The summed E-state index contributed by atoms with van der Waals surface area (Å²) in [6.45, 7) is 3.40. The third kappa shape index (κ3) is 4.94. The Hall–Kier alpha value is -4.68. The summed E-state index contributed by atoms with van der Waals surface area (Å²) in [7, 11) is 0. The average molecular weight is 548 g/mol. The Morgan fingerprint density at radius 3 is 2.59 bits per heavy atom. The first-order chi connectivity index (χ1) is 18.9. The van der Waals surface area contributed by atoms with Crippen molar-refractivity contribution in [2.75, 3.05) is 23.8 Å². The molecule has 200 valence electrons. The second kappa shape index (κ2) is 11.0. The highest BCUT2D eigenvalue weighted by Gasteiger charge is 2.25. The molecule has 5 aromatic rings. The summed E-state index contributed by atoms with van der Waals surface area (Å²) in [5.74, 6) is 1.11. The quantitative estimate of drug-likeness (QED) is 0.226. The van der Waals surface area contributed by atoms with E-state index in [-0.39, 0.29) is 5.82 Å². The third-order valence-corrected chi connectivity index (χ3v) is 6.32. The van der Waals surface area contributed by atoms with Crippen molar-refractivity contribution in [2.45, 2.75) is 19.9 Å². The number of nitrogens with two attached hydrogens (primary N) is 3. The largest absolute Gasteiger partial charge is 0.490 e. The summed E-state index contributed by atoms with van der Waals surface area (Å²) in [6, 6.07) is 13.4. The smallest absolute Gasteiger partial charge is 0.323 e. The Kier molecular flexibility index (Phi) is 7.30. The van der Waals surface area contributed by atoms with Crippen molar-refractivity contribution in [3.8, 4) is 28.5 Å². The summed E-state index contributed by atoms with van der Waals surface area (Å²) in [5, 5.41) is 8.20. The van der Waals surface area contributed by atoms with Gasteiger partial charge in [0.15, 0.2) is 23.1 Å². The number of urea groups is 1. The number of anilines is 3. The van der Waals surface area contributed by atoms with Crippen LogP contribution in [0.1, 0.15) is 13.3 Å². The van der Waals surface area contributed by atoms with Gasteiger partial charge in [0, 0.05) is 17.1 Å². The number of primary amides is 1. The van der Waals surface area contributed by atoms with E-state index in [1.165, 1.54) is 4.90 Å². The number of ether oxygens (including phenoxy) is 1. The molecule has 0 aliphatic heterocycles. The van der Waals surface area contributed by atoms with Crippen molar-refractivity contribution < 1.29 is 14.2 Å². The SMILES string of the molecule is CCn1c(-c2nonc2N)nc2c(-c3cccc(N(C(N)=O)c4ccc(Cl)cc4)c3)ncc(OCCCN)c21. The molecule has 0 unspecified atom stereocenters. The topological polar surface area (TPSA) is 177 Å². The van der Waals surface area contributed by atoms with Crippen LogP contribution in [0.4, 0.5) is 22.0 Å². The number of nitrogens with zero attached hydrogens (tertiary/aromatic N) is 6. The number of carbonyl (C=O) groups excluding carboxylic acids is 1. The molecule has 0 radical (unpaired) electrons. The number of hydrogen-bond donors (Lipinski definition) is 3. The van der Waals surface area contributed by atoms with E-state index in [2.05, 4.69) is 10.3 Å². The Morgan fingerprint density at radius 2 is 1.92 bits per heavy atom. The van der Waals surface area contributed by atoms with Gasteiger partial charge in [-0.1, -0.05) is 23.7 Å². The molecule has 0 aliphatic rings. The lowest BCUT2D eigenvalue weighted by Gasteiger charge is -2.21. The van der Waals surface area contributed by atoms with Crippen molar-refractivity contribution in [1.29, 1.82) is 0 Å². The van der Waals surface area contributed by atoms with Gasteiger partial charge in [0.05, 0.1) is 29.9 Å².